The summed E-state index contributed by atoms with van der Waals surface area (Å²) in [5.74, 6) is 3.48. The maximum absolute atomic E-state index is 4.64. The quantitative estimate of drug-likeness (QED) is 0.794. The van der Waals surface area contributed by atoms with Crippen molar-refractivity contribution in [1.82, 2.24) is 4.98 Å². The van der Waals surface area contributed by atoms with E-state index >= 15 is 0 Å². The molecule has 0 amide bonds. The van der Waals surface area contributed by atoms with Crippen molar-refractivity contribution < 1.29 is 0 Å². The summed E-state index contributed by atoms with van der Waals surface area (Å²) in [4.78, 5) is 7.08. The highest BCUT2D eigenvalue weighted by atomic mass is 15.2. The van der Waals surface area contributed by atoms with Crippen LogP contribution in [0.2, 0.25) is 0 Å². The zero-order chi connectivity index (χ0) is 13.8. The number of piperidine rings is 1. The molecule has 0 atom stereocenters. The third kappa shape index (κ3) is 3.95. The molecule has 0 N–H and O–H groups in total. The van der Waals surface area contributed by atoms with E-state index in [0.29, 0.717) is 5.92 Å². The van der Waals surface area contributed by atoms with E-state index in [1.54, 1.807) is 0 Å². The molecule has 2 heterocycles. The highest BCUT2D eigenvalue weighted by molar-refractivity contribution is 5.40. The molecule has 0 radical (unpaired) electrons. The Morgan fingerprint density at radius 2 is 1.84 bits per heavy atom. The van der Waals surface area contributed by atoms with Crippen LogP contribution in [0.3, 0.4) is 0 Å². The van der Waals surface area contributed by atoms with Crippen LogP contribution in [0, 0.1) is 11.8 Å². The first-order valence-electron chi connectivity index (χ1n) is 7.77. The summed E-state index contributed by atoms with van der Waals surface area (Å²) in [6, 6.07) is 4.42. The fourth-order valence-corrected chi connectivity index (χ4v) is 2.99. The second-order valence-corrected chi connectivity index (χ2v) is 6.66. The van der Waals surface area contributed by atoms with Gasteiger partial charge in [-0.1, -0.05) is 33.8 Å². The highest BCUT2D eigenvalue weighted by Gasteiger charge is 2.20. The Labute approximate surface area is 118 Å². The first-order chi connectivity index (χ1) is 9.06. The number of pyridine rings is 1. The van der Waals surface area contributed by atoms with Crippen molar-refractivity contribution >= 4 is 5.82 Å². The Morgan fingerprint density at radius 3 is 2.32 bits per heavy atom. The Kier molecular flexibility index (Phi) is 4.84. The second kappa shape index (κ2) is 6.40. The SMILES string of the molecule is CC(C)CC1CCN(c2ccc(C(C)C)cn2)CC1. The van der Waals surface area contributed by atoms with Gasteiger partial charge in [0.15, 0.2) is 0 Å². The van der Waals surface area contributed by atoms with Crippen LogP contribution in [-0.4, -0.2) is 18.1 Å². The van der Waals surface area contributed by atoms with E-state index in [-0.39, 0.29) is 0 Å². The third-order valence-corrected chi connectivity index (χ3v) is 4.18. The lowest BCUT2D eigenvalue weighted by atomic mass is 9.88. The van der Waals surface area contributed by atoms with Crippen molar-refractivity contribution in [3.05, 3.63) is 23.9 Å². The molecular formula is C17H28N2. The van der Waals surface area contributed by atoms with Gasteiger partial charge in [0.1, 0.15) is 5.82 Å². The summed E-state index contributed by atoms with van der Waals surface area (Å²) in [5.41, 5.74) is 1.33. The predicted molar refractivity (Wildman–Crippen MR) is 82.7 cm³/mol. The van der Waals surface area contributed by atoms with Crippen molar-refractivity contribution in [2.24, 2.45) is 11.8 Å². The van der Waals surface area contributed by atoms with E-state index in [9.17, 15) is 0 Å². The predicted octanol–water partition coefficient (Wildman–Crippen LogP) is 4.47. The zero-order valence-electron chi connectivity index (χ0n) is 12.9. The molecule has 1 aliphatic rings. The Bertz CT molecular complexity index is 373. The van der Waals surface area contributed by atoms with Crippen molar-refractivity contribution in [2.45, 2.75) is 52.9 Å². The molecule has 2 rings (SSSR count). The molecule has 1 fully saturated rings. The summed E-state index contributed by atoms with van der Waals surface area (Å²) in [7, 11) is 0. The van der Waals surface area contributed by atoms with Gasteiger partial charge in [-0.3, -0.25) is 0 Å². The molecule has 2 nitrogen and oxygen atoms in total. The second-order valence-electron chi connectivity index (χ2n) is 6.66. The van der Waals surface area contributed by atoms with Crippen molar-refractivity contribution in [2.75, 3.05) is 18.0 Å². The molecular weight excluding hydrogens is 232 g/mol. The van der Waals surface area contributed by atoms with Gasteiger partial charge < -0.3 is 4.90 Å². The van der Waals surface area contributed by atoms with Crippen LogP contribution in [-0.2, 0) is 0 Å². The van der Waals surface area contributed by atoms with Gasteiger partial charge in [-0.05, 0) is 48.6 Å². The summed E-state index contributed by atoms with van der Waals surface area (Å²) in [5, 5.41) is 0. The minimum absolute atomic E-state index is 0.568. The van der Waals surface area contributed by atoms with Crippen LogP contribution in [0.1, 0.15) is 58.4 Å². The molecule has 19 heavy (non-hydrogen) atoms. The molecule has 0 bridgehead atoms. The maximum atomic E-state index is 4.64. The summed E-state index contributed by atoms with van der Waals surface area (Å²) in [6.07, 6.45) is 6.07. The van der Waals surface area contributed by atoms with Crippen LogP contribution in [0.15, 0.2) is 18.3 Å². The van der Waals surface area contributed by atoms with Gasteiger partial charge in [-0.25, -0.2) is 4.98 Å². The van der Waals surface area contributed by atoms with E-state index in [1.807, 2.05) is 6.20 Å². The lowest BCUT2D eigenvalue weighted by molar-refractivity contribution is 0.337. The molecule has 106 valence electrons. The van der Waals surface area contributed by atoms with Crippen LogP contribution >= 0.6 is 0 Å². The summed E-state index contributed by atoms with van der Waals surface area (Å²) in [6.45, 7) is 11.4. The molecule has 1 aromatic heterocycles. The average molecular weight is 260 g/mol. The smallest absolute Gasteiger partial charge is 0.128 e. The third-order valence-electron chi connectivity index (χ3n) is 4.18. The summed E-state index contributed by atoms with van der Waals surface area (Å²) >= 11 is 0. The first-order valence-corrected chi connectivity index (χ1v) is 7.77. The number of nitrogens with zero attached hydrogens (tertiary/aromatic N) is 2. The molecule has 1 aliphatic heterocycles. The van der Waals surface area contributed by atoms with Crippen molar-refractivity contribution in [1.29, 1.82) is 0 Å². The standard InChI is InChI=1S/C17H28N2/c1-13(2)11-15-7-9-19(10-8-15)17-6-5-16(12-18-17)14(3)4/h5-6,12-15H,7-11H2,1-4H3. The van der Waals surface area contributed by atoms with Crippen LogP contribution < -0.4 is 4.90 Å². The van der Waals surface area contributed by atoms with Gasteiger partial charge >= 0.3 is 0 Å². The van der Waals surface area contributed by atoms with E-state index in [2.05, 4.69) is 49.7 Å². The Morgan fingerprint density at radius 1 is 1.16 bits per heavy atom. The Hall–Kier alpha value is -1.05. The largest absolute Gasteiger partial charge is 0.357 e. The summed E-state index contributed by atoms with van der Waals surface area (Å²) < 4.78 is 0. The van der Waals surface area contributed by atoms with Gasteiger partial charge in [0.2, 0.25) is 0 Å². The maximum Gasteiger partial charge on any atom is 0.128 e. The highest BCUT2D eigenvalue weighted by Crippen LogP contribution is 2.27. The van der Waals surface area contributed by atoms with Crippen LogP contribution in [0.25, 0.3) is 0 Å². The molecule has 0 saturated carbocycles. The van der Waals surface area contributed by atoms with Crippen LogP contribution in [0.4, 0.5) is 5.82 Å². The molecule has 0 aromatic carbocycles. The molecule has 2 heteroatoms. The van der Waals surface area contributed by atoms with Crippen molar-refractivity contribution in [3.63, 3.8) is 0 Å². The number of anilines is 1. The van der Waals surface area contributed by atoms with Crippen LogP contribution in [0.5, 0.6) is 0 Å². The molecule has 0 aliphatic carbocycles. The normalized spacial score (nSPS) is 17.5. The average Bonchev–Trinajstić information content (AvgIpc) is 2.39. The molecule has 1 aromatic rings. The number of aromatic nitrogens is 1. The lowest BCUT2D eigenvalue weighted by Gasteiger charge is -2.33. The van der Waals surface area contributed by atoms with Crippen molar-refractivity contribution in [3.8, 4) is 0 Å². The topological polar surface area (TPSA) is 16.1 Å². The van der Waals surface area contributed by atoms with E-state index in [4.69, 9.17) is 0 Å². The zero-order valence-corrected chi connectivity index (χ0v) is 12.9. The van der Waals surface area contributed by atoms with Gasteiger partial charge in [-0.15, -0.1) is 0 Å². The van der Waals surface area contributed by atoms with Gasteiger partial charge in [0.05, 0.1) is 0 Å². The molecule has 0 spiro atoms. The molecule has 0 unspecified atom stereocenters. The van der Waals surface area contributed by atoms with Gasteiger partial charge in [0.25, 0.3) is 0 Å². The Balaban J connectivity index is 1.90. The number of hydrogen-bond acceptors (Lipinski definition) is 2. The minimum Gasteiger partial charge on any atom is -0.357 e. The van der Waals surface area contributed by atoms with Gasteiger partial charge in [-0.2, -0.15) is 0 Å². The fourth-order valence-electron chi connectivity index (χ4n) is 2.99. The first kappa shape index (κ1) is 14.4. The minimum atomic E-state index is 0.568. The number of hydrogen-bond donors (Lipinski definition) is 0. The van der Waals surface area contributed by atoms with E-state index < -0.39 is 0 Å². The monoisotopic (exact) mass is 260 g/mol. The van der Waals surface area contributed by atoms with E-state index in [0.717, 1.165) is 17.7 Å². The number of rotatable bonds is 4. The molecule has 1 saturated heterocycles. The van der Waals surface area contributed by atoms with Gasteiger partial charge in [0, 0.05) is 19.3 Å². The van der Waals surface area contributed by atoms with E-state index in [1.165, 1.54) is 37.9 Å². The fraction of sp³-hybridized carbons (Fsp3) is 0.706. The lowest BCUT2D eigenvalue weighted by Crippen LogP contribution is -2.34.